The van der Waals surface area contributed by atoms with Crippen LogP contribution in [0.3, 0.4) is 0 Å². The van der Waals surface area contributed by atoms with Gasteiger partial charge in [0, 0.05) is 36.5 Å². The molecule has 5 rings (SSSR count). The Bertz CT molecular complexity index is 1450. The summed E-state index contributed by atoms with van der Waals surface area (Å²) < 4.78 is 7.00. The van der Waals surface area contributed by atoms with E-state index < -0.39 is 41.3 Å². The van der Waals surface area contributed by atoms with Gasteiger partial charge in [-0.1, -0.05) is 42.1 Å². The summed E-state index contributed by atoms with van der Waals surface area (Å²) in [4.78, 5) is 56.4. The van der Waals surface area contributed by atoms with Gasteiger partial charge in [-0.15, -0.1) is 16.9 Å². The zero-order chi connectivity index (χ0) is 27.5. The molecule has 0 spiro atoms. The molecule has 1 fully saturated rings. The molecule has 13 nitrogen and oxygen atoms in total. The van der Waals surface area contributed by atoms with Gasteiger partial charge in [0.05, 0.1) is 5.56 Å². The van der Waals surface area contributed by atoms with Gasteiger partial charge in [0.2, 0.25) is 11.3 Å². The molecule has 0 aliphatic carbocycles. The number of amides is 2. The lowest BCUT2D eigenvalue weighted by Gasteiger charge is -2.49. The van der Waals surface area contributed by atoms with E-state index in [2.05, 4.69) is 25.8 Å². The molecule has 39 heavy (non-hydrogen) atoms. The maximum Gasteiger partial charge on any atom is 0.352 e. The molecule has 200 valence electrons. The number of benzene rings is 1. The molecule has 0 radical (unpaired) electrons. The monoisotopic (exact) mass is 567 g/mol. The molecule has 0 saturated carbocycles. The lowest BCUT2D eigenvalue weighted by Crippen LogP contribution is -2.71. The minimum Gasteiger partial charge on any atom is -0.477 e. The number of carboxylic acid groups (broad SMARTS) is 1. The summed E-state index contributed by atoms with van der Waals surface area (Å²) in [7, 11) is 1.67. The van der Waals surface area contributed by atoms with Crippen molar-refractivity contribution in [2.24, 2.45) is 7.05 Å². The number of hydrogen-bond acceptors (Lipinski definition) is 11. The summed E-state index contributed by atoms with van der Waals surface area (Å²) in [6.07, 6.45) is 1.49. The number of aromatic nitrogens is 5. The fraction of sp³-hybridized carbons (Fsp3) is 0.250. The van der Waals surface area contributed by atoms with Crippen LogP contribution in [0.5, 0.6) is 0 Å². The minimum atomic E-state index is -1.34. The quantitative estimate of drug-likeness (QED) is 0.214. The van der Waals surface area contributed by atoms with Gasteiger partial charge < -0.3 is 15.2 Å². The van der Waals surface area contributed by atoms with Crippen molar-refractivity contribution in [2.75, 3.05) is 11.5 Å². The molecule has 2 amide bonds. The number of ether oxygens (including phenoxy) is 1. The third kappa shape index (κ3) is 5.35. The molecule has 2 unspecified atom stereocenters. The second-order valence-electron chi connectivity index (χ2n) is 8.46. The summed E-state index contributed by atoms with van der Waals surface area (Å²) in [5.41, 5.74) is 1.01. The number of thioether (sulfide) groups is 2. The molecule has 0 bridgehead atoms. The molecule has 2 aliphatic heterocycles. The smallest absolute Gasteiger partial charge is 0.352 e. The average Bonchev–Trinajstić information content (AvgIpc) is 3.37. The van der Waals surface area contributed by atoms with E-state index in [4.69, 9.17) is 4.74 Å². The number of esters is 1. The van der Waals surface area contributed by atoms with Gasteiger partial charge in [0.1, 0.15) is 17.1 Å². The average molecular weight is 568 g/mol. The van der Waals surface area contributed by atoms with Crippen LogP contribution >= 0.6 is 23.5 Å². The molecular weight excluding hydrogens is 546 g/mol. The van der Waals surface area contributed by atoms with E-state index in [0.717, 1.165) is 0 Å². The van der Waals surface area contributed by atoms with Crippen molar-refractivity contribution in [2.45, 2.75) is 22.7 Å². The van der Waals surface area contributed by atoms with Crippen LogP contribution in [0.15, 0.2) is 71.3 Å². The number of β-lactam (4-membered cyclic amide) rings is 1. The highest BCUT2D eigenvalue weighted by Gasteiger charge is 2.54. The standard InChI is InChI=1S/C24H21N7O6S2/c1-30-24(27-28-29-30)39-12-15-11-38-21-16(20(33)31(21)17(15)22(34)35)26-19(32)18(13-6-3-2-4-7-13)37-23(36)14-8-5-9-25-10-14/h2-10,16,18,21H,11-12H2,1H3,(H,26,32)(H,34,35)/t16?,18?,21-/m0/s1. The number of carboxylic acids is 1. The zero-order valence-corrected chi connectivity index (χ0v) is 22.0. The molecule has 2 aromatic heterocycles. The lowest BCUT2D eigenvalue weighted by atomic mass is 10.0. The molecule has 1 saturated heterocycles. The Balaban J connectivity index is 1.32. The van der Waals surface area contributed by atoms with E-state index in [1.165, 1.54) is 51.6 Å². The number of nitrogens with one attached hydrogen (secondary N) is 1. The van der Waals surface area contributed by atoms with Crippen molar-refractivity contribution in [3.8, 4) is 0 Å². The first kappa shape index (κ1) is 26.4. The van der Waals surface area contributed by atoms with Crippen LogP contribution in [0.1, 0.15) is 22.0 Å². The van der Waals surface area contributed by atoms with Gasteiger partial charge in [-0.2, -0.15) is 0 Å². The lowest BCUT2D eigenvalue weighted by molar-refractivity contribution is -0.151. The van der Waals surface area contributed by atoms with Crippen molar-refractivity contribution in [3.63, 3.8) is 0 Å². The van der Waals surface area contributed by atoms with E-state index in [9.17, 15) is 24.3 Å². The third-order valence-electron chi connectivity index (χ3n) is 5.97. The number of rotatable bonds is 9. The number of nitrogens with zero attached hydrogens (tertiary/aromatic N) is 6. The van der Waals surface area contributed by atoms with E-state index >= 15 is 0 Å². The number of carbonyl (C=O) groups is 4. The topological polar surface area (TPSA) is 170 Å². The minimum absolute atomic E-state index is 0.112. The van der Waals surface area contributed by atoms with Gasteiger partial charge in [0.25, 0.3) is 11.8 Å². The number of pyridine rings is 1. The van der Waals surface area contributed by atoms with Crippen LogP contribution in [0, 0.1) is 0 Å². The summed E-state index contributed by atoms with van der Waals surface area (Å²) >= 11 is 2.60. The Morgan fingerprint density at radius 3 is 2.69 bits per heavy atom. The first-order valence-electron chi connectivity index (χ1n) is 11.6. The predicted octanol–water partition coefficient (Wildman–Crippen LogP) is 1.03. The number of fused-ring (bicyclic) bond motifs is 1. The first-order chi connectivity index (χ1) is 18.8. The second kappa shape index (κ2) is 11.2. The largest absolute Gasteiger partial charge is 0.477 e. The molecule has 2 N–H and O–H groups in total. The third-order valence-corrected chi connectivity index (χ3v) is 8.40. The molecule has 3 atom stereocenters. The number of aliphatic carboxylic acids is 1. The molecule has 4 heterocycles. The fourth-order valence-corrected chi connectivity index (χ4v) is 6.41. The highest BCUT2D eigenvalue weighted by molar-refractivity contribution is 8.01. The number of hydrogen-bond donors (Lipinski definition) is 2. The molecule has 1 aromatic carbocycles. The van der Waals surface area contributed by atoms with Gasteiger partial charge in [0.15, 0.2) is 0 Å². The van der Waals surface area contributed by atoms with E-state index in [1.54, 1.807) is 43.4 Å². The predicted molar refractivity (Wildman–Crippen MR) is 138 cm³/mol. The number of aryl methyl sites for hydroxylation is 1. The van der Waals surface area contributed by atoms with Gasteiger partial charge >= 0.3 is 11.9 Å². The number of carbonyl (C=O) groups excluding carboxylic acids is 3. The molecule has 15 heteroatoms. The van der Waals surface area contributed by atoms with Crippen LogP contribution in [-0.4, -0.2) is 81.9 Å². The number of tetrazole rings is 1. The van der Waals surface area contributed by atoms with E-state index in [1.807, 2.05) is 0 Å². The highest BCUT2D eigenvalue weighted by atomic mass is 32.2. The normalized spacial score (nSPS) is 19.1. The van der Waals surface area contributed by atoms with Crippen LogP contribution < -0.4 is 5.32 Å². The van der Waals surface area contributed by atoms with Gasteiger partial charge in [-0.3, -0.25) is 19.5 Å². The summed E-state index contributed by atoms with van der Waals surface area (Å²) in [6, 6.07) is 10.5. The SMILES string of the molecule is Cn1nnnc1SCC1=C(C(=O)O)N2C(=O)C(NC(=O)C(OC(=O)c3cccnc3)c3ccccc3)[C@@H]2SC1. The van der Waals surface area contributed by atoms with Crippen molar-refractivity contribution in [1.29, 1.82) is 0 Å². The molecule has 3 aromatic rings. The van der Waals surface area contributed by atoms with Crippen molar-refractivity contribution >= 4 is 47.3 Å². The van der Waals surface area contributed by atoms with E-state index in [-0.39, 0.29) is 17.0 Å². The Kier molecular flexibility index (Phi) is 7.60. The van der Waals surface area contributed by atoms with Crippen molar-refractivity contribution in [1.82, 2.24) is 35.4 Å². The first-order valence-corrected chi connectivity index (χ1v) is 13.6. The molecule has 2 aliphatic rings. The fourth-order valence-electron chi connectivity index (χ4n) is 4.08. The maximum absolute atomic E-state index is 13.3. The zero-order valence-electron chi connectivity index (χ0n) is 20.3. The Morgan fingerprint density at radius 2 is 2.03 bits per heavy atom. The maximum atomic E-state index is 13.3. The summed E-state index contributed by atoms with van der Waals surface area (Å²) in [5, 5.41) is 23.6. The summed E-state index contributed by atoms with van der Waals surface area (Å²) in [5.74, 6) is -2.65. The van der Waals surface area contributed by atoms with Crippen molar-refractivity contribution < 1.29 is 29.0 Å². The van der Waals surface area contributed by atoms with Crippen LogP contribution in [0.4, 0.5) is 0 Å². The second-order valence-corrected chi connectivity index (χ2v) is 10.5. The highest BCUT2D eigenvalue weighted by Crippen LogP contribution is 2.41. The van der Waals surface area contributed by atoms with Crippen LogP contribution in [0.2, 0.25) is 0 Å². The van der Waals surface area contributed by atoms with E-state index in [0.29, 0.717) is 22.0 Å². The Morgan fingerprint density at radius 1 is 1.23 bits per heavy atom. The van der Waals surface area contributed by atoms with Crippen LogP contribution in [-0.2, 0) is 26.2 Å². The Labute approximate surface area is 230 Å². The van der Waals surface area contributed by atoms with Gasteiger partial charge in [-0.05, 0) is 28.1 Å². The van der Waals surface area contributed by atoms with Crippen molar-refractivity contribution in [3.05, 3.63) is 77.3 Å². The molecular formula is C24H21N7O6S2. The van der Waals surface area contributed by atoms with Gasteiger partial charge in [-0.25, -0.2) is 14.3 Å². The summed E-state index contributed by atoms with van der Waals surface area (Å²) in [6.45, 7) is 0. The Hall–Kier alpha value is -4.24. The van der Waals surface area contributed by atoms with Crippen LogP contribution in [0.25, 0.3) is 0 Å².